The molecule has 1 unspecified atom stereocenters. The first kappa shape index (κ1) is 16.4. The molecule has 0 bridgehead atoms. The molecule has 1 aromatic heterocycles. The lowest BCUT2D eigenvalue weighted by Gasteiger charge is -2.39. The van der Waals surface area contributed by atoms with E-state index in [9.17, 15) is 0 Å². The molecule has 0 radical (unpaired) electrons. The van der Waals surface area contributed by atoms with Crippen molar-refractivity contribution in [3.05, 3.63) is 5.82 Å². The predicted octanol–water partition coefficient (Wildman–Crippen LogP) is 1.91. The Hall–Kier alpha value is -1.01. The molecule has 0 amide bonds. The van der Waals surface area contributed by atoms with E-state index in [0.29, 0.717) is 6.04 Å². The summed E-state index contributed by atoms with van der Waals surface area (Å²) in [5, 5.41) is 12.6. The summed E-state index contributed by atoms with van der Waals surface area (Å²) in [5.74, 6) is 1.02. The third-order valence-corrected chi connectivity index (χ3v) is 4.91. The van der Waals surface area contributed by atoms with Gasteiger partial charge in [-0.2, -0.15) is 0 Å². The van der Waals surface area contributed by atoms with Crippen molar-refractivity contribution in [3.63, 3.8) is 0 Å². The van der Waals surface area contributed by atoms with Crippen molar-refractivity contribution in [3.8, 4) is 0 Å². The van der Waals surface area contributed by atoms with Crippen LogP contribution in [0, 0.1) is 0 Å². The zero-order valence-electron chi connectivity index (χ0n) is 14.2. The zero-order valence-corrected chi connectivity index (χ0v) is 14.2. The van der Waals surface area contributed by atoms with Crippen LogP contribution in [0.2, 0.25) is 0 Å². The minimum absolute atomic E-state index is 0.0303. The van der Waals surface area contributed by atoms with Crippen LogP contribution in [0.1, 0.15) is 59.3 Å². The molecule has 1 aliphatic rings. The highest BCUT2D eigenvalue weighted by Gasteiger charge is 2.31. The van der Waals surface area contributed by atoms with Crippen LogP contribution in [0.25, 0.3) is 0 Å². The number of piperazine rings is 1. The first-order valence-electron chi connectivity index (χ1n) is 8.28. The number of hydrogen-bond acceptors (Lipinski definition) is 5. The molecule has 0 spiro atoms. The molecule has 21 heavy (non-hydrogen) atoms. The smallest absolute Gasteiger partial charge is 0.168 e. The Morgan fingerprint density at radius 2 is 1.76 bits per heavy atom. The summed E-state index contributed by atoms with van der Waals surface area (Å²) >= 11 is 0. The summed E-state index contributed by atoms with van der Waals surface area (Å²) in [7, 11) is 0. The van der Waals surface area contributed by atoms with Crippen LogP contribution in [-0.2, 0) is 5.54 Å². The molecule has 0 N–H and O–H groups in total. The van der Waals surface area contributed by atoms with E-state index in [1.54, 1.807) is 0 Å². The van der Waals surface area contributed by atoms with Gasteiger partial charge in [-0.05, 0) is 43.7 Å². The van der Waals surface area contributed by atoms with Gasteiger partial charge in [-0.15, -0.1) is 5.10 Å². The predicted molar refractivity (Wildman–Crippen MR) is 84.1 cm³/mol. The summed E-state index contributed by atoms with van der Waals surface area (Å²) in [4.78, 5) is 5.04. The number of tetrazole rings is 1. The van der Waals surface area contributed by atoms with Gasteiger partial charge in [0.05, 0.1) is 11.6 Å². The van der Waals surface area contributed by atoms with Gasteiger partial charge in [0.15, 0.2) is 5.82 Å². The minimum atomic E-state index is -0.0303. The van der Waals surface area contributed by atoms with Gasteiger partial charge in [-0.25, -0.2) is 4.68 Å². The lowest BCUT2D eigenvalue weighted by molar-refractivity contribution is 0.0879. The van der Waals surface area contributed by atoms with Crippen LogP contribution < -0.4 is 0 Å². The lowest BCUT2D eigenvalue weighted by atomic mass is 10.0. The molecule has 2 heterocycles. The van der Waals surface area contributed by atoms with Crippen molar-refractivity contribution >= 4 is 0 Å². The van der Waals surface area contributed by atoms with Crippen LogP contribution in [0.15, 0.2) is 0 Å². The van der Waals surface area contributed by atoms with E-state index >= 15 is 0 Å². The van der Waals surface area contributed by atoms with E-state index in [1.807, 2.05) is 4.68 Å². The van der Waals surface area contributed by atoms with Crippen LogP contribution in [0.3, 0.4) is 0 Å². The quantitative estimate of drug-likeness (QED) is 0.802. The van der Waals surface area contributed by atoms with Gasteiger partial charge in [-0.1, -0.05) is 20.8 Å². The Balaban J connectivity index is 2.17. The summed E-state index contributed by atoms with van der Waals surface area (Å²) in [6.07, 6.45) is 2.07. The third kappa shape index (κ3) is 3.43. The van der Waals surface area contributed by atoms with Crippen LogP contribution in [-0.4, -0.2) is 62.7 Å². The fraction of sp³-hybridized carbons (Fsp3) is 0.933. The molecule has 2 rings (SSSR count). The summed E-state index contributed by atoms with van der Waals surface area (Å²) in [5.41, 5.74) is -0.0303. The standard InChI is InChI=1S/C15H30N6/c1-6-13(20-11-9-19(8-3)10-12-20)14-16-17-18-21(14)15(4,5)7-2/h13H,6-12H2,1-5H3. The fourth-order valence-corrected chi connectivity index (χ4v) is 2.98. The maximum atomic E-state index is 4.36. The maximum Gasteiger partial charge on any atom is 0.168 e. The molecule has 0 aliphatic carbocycles. The molecular formula is C15H30N6. The monoisotopic (exact) mass is 294 g/mol. The van der Waals surface area contributed by atoms with Crippen molar-refractivity contribution in [2.75, 3.05) is 32.7 Å². The molecule has 1 saturated heterocycles. The van der Waals surface area contributed by atoms with E-state index < -0.39 is 0 Å². The molecule has 6 nitrogen and oxygen atoms in total. The molecule has 0 aromatic carbocycles. The first-order chi connectivity index (χ1) is 10.0. The molecule has 0 saturated carbocycles. The summed E-state index contributed by atoms with van der Waals surface area (Å²) < 4.78 is 2.04. The van der Waals surface area contributed by atoms with Gasteiger partial charge in [0.1, 0.15) is 0 Å². The average molecular weight is 294 g/mol. The Bertz CT molecular complexity index is 433. The number of likely N-dealkylation sites (N-methyl/N-ethyl adjacent to an activating group) is 1. The lowest BCUT2D eigenvalue weighted by Crippen LogP contribution is -2.48. The van der Waals surface area contributed by atoms with Crippen molar-refractivity contribution < 1.29 is 0 Å². The van der Waals surface area contributed by atoms with Crippen molar-refractivity contribution in [1.29, 1.82) is 0 Å². The van der Waals surface area contributed by atoms with E-state index in [-0.39, 0.29) is 5.54 Å². The Morgan fingerprint density at radius 1 is 1.10 bits per heavy atom. The first-order valence-corrected chi connectivity index (χ1v) is 8.28. The van der Waals surface area contributed by atoms with Crippen LogP contribution in [0.4, 0.5) is 0 Å². The molecule has 1 aromatic rings. The third-order valence-electron chi connectivity index (χ3n) is 4.91. The van der Waals surface area contributed by atoms with Crippen LogP contribution >= 0.6 is 0 Å². The highest BCUT2D eigenvalue weighted by Crippen LogP contribution is 2.28. The van der Waals surface area contributed by atoms with Gasteiger partial charge < -0.3 is 4.90 Å². The second-order valence-electron chi connectivity index (χ2n) is 6.51. The van der Waals surface area contributed by atoms with Crippen molar-refractivity contribution in [1.82, 2.24) is 30.0 Å². The summed E-state index contributed by atoms with van der Waals surface area (Å²) in [6.45, 7) is 16.7. The number of hydrogen-bond donors (Lipinski definition) is 0. The number of nitrogens with zero attached hydrogens (tertiary/aromatic N) is 6. The van der Waals surface area contributed by atoms with Crippen molar-refractivity contribution in [2.45, 2.75) is 59.0 Å². The number of rotatable bonds is 6. The molecule has 6 heteroatoms. The van der Waals surface area contributed by atoms with Crippen molar-refractivity contribution in [2.24, 2.45) is 0 Å². The van der Waals surface area contributed by atoms with E-state index in [2.05, 4.69) is 59.9 Å². The normalized spacial score (nSPS) is 19.9. The minimum Gasteiger partial charge on any atom is -0.301 e. The van der Waals surface area contributed by atoms with Gasteiger partial charge in [-0.3, -0.25) is 4.90 Å². The Labute approximate surface area is 128 Å². The second kappa shape index (κ2) is 6.83. The highest BCUT2D eigenvalue weighted by atomic mass is 15.6. The van der Waals surface area contributed by atoms with E-state index in [4.69, 9.17) is 0 Å². The number of aromatic nitrogens is 4. The largest absolute Gasteiger partial charge is 0.301 e. The topological polar surface area (TPSA) is 50.1 Å². The van der Waals surface area contributed by atoms with Gasteiger partial charge >= 0.3 is 0 Å². The molecule has 1 aliphatic heterocycles. The van der Waals surface area contributed by atoms with Gasteiger partial charge in [0, 0.05) is 26.2 Å². The van der Waals surface area contributed by atoms with Gasteiger partial charge in [0.2, 0.25) is 0 Å². The molecule has 120 valence electrons. The van der Waals surface area contributed by atoms with E-state index in [1.165, 1.54) is 0 Å². The fourth-order valence-electron chi connectivity index (χ4n) is 2.98. The average Bonchev–Trinajstić information content (AvgIpc) is 2.99. The Kier molecular flexibility index (Phi) is 5.32. The molecule has 1 fully saturated rings. The Morgan fingerprint density at radius 3 is 2.29 bits per heavy atom. The van der Waals surface area contributed by atoms with Gasteiger partial charge in [0.25, 0.3) is 0 Å². The SMILES string of the molecule is CCC(c1nnnn1C(C)(C)CC)N1CCN(CC)CC1. The maximum absolute atomic E-state index is 4.36. The summed E-state index contributed by atoms with van der Waals surface area (Å²) in [6, 6.07) is 0.324. The van der Waals surface area contributed by atoms with E-state index in [0.717, 1.165) is 51.4 Å². The highest BCUT2D eigenvalue weighted by molar-refractivity contribution is 4.98. The second-order valence-corrected chi connectivity index (χ2v) is 6.51. The van der Waals surface area contributed by atoms with Crippen LogP contribution in [0.5, 0.6) is 0 Å². The molecular weight excluding hydrogens is 264 g/mol. The molecule has 1 atom stereocenters. The zero-order chi connectivity index (χ0) is 15.5.